The van der Waals surface area contributed by atoms with Crippen molar-refractivity contribution >= 4 is 0 Å². The number of rotatable bonds is 8. The maximum Gasteiger partial charge on any atom is 0.241 e. The molecule has 0 aliphatic carbocycles. The van der Waals surface area contributed by atoms with E-state index < -0.39 is 0 Å². The molecule has 0 radical (unpaired) electrons. The molecule has 0 atom stereocenters. The number of hydrogen-bond acceptors (Lipinski definition) is 6. The molecule has 142 valence electrons. The number of benzene rings is 2. The van der Waals surface area contributed by atoms with Crippen LogP contribution in [-0.2, 0) is 13.1 Å². The molecule has 7 heteroatoms. The second kappa shape index (κ2) is 8.64. The third kappa shape index (κ3) is 4.62. The summed E-state index contributed by atoms with van der Waals surface area (Å²) in [4.78, 5) is 6.57. The van der Waals surface area contributed by atoms with E-state index in [2.05, 4.69) is 15.0 Å². The highest BCUT2D eigenvalue weighted by molar-refractivity contribution is 5.60. The van der Waals surface area contributed by atoms with Gasteiger partial charge >= 0.3 is 0 Å². The standard InChI is InChI=1S/C20H22FN3O3/c1-4-24(12-14-6-5-7-16(21)10-14)13-19-22-20(23-27-19)15-8-9-17(25-2)18(11-15)26-3/h5-11H,4,12-13H2,1-3H3. The highest BCUT2D eigenvalue weighted by Crippen LogP contribution is 2.31. The molecule has 0 aliphatic rings. The van der Waals surface area contributed by atoms with Crippen LogP contribution in [0.2, 0.25) is 0 Å². The molecule has 0 amide bonds. The van der Waals surface area contributed by atoms with Gasteiger partial charge in [-0.1, -0.05) is 24.2 Å². The molecule has 1 aromatic heterocycles. The largest absolute Gasteiger partial charge is 0.493 e. The van der Waals surface area contributed by atoms with Crippen LogP contribution in [0.3, 0.4) is 0 Å². The normalized spacial score (nSPS) is 11.0. The van der Waals surface area contributed by atoms with Crippen molar-refractivity contribution in [3.63, 3.8) is 0 Å². The quantitative estimate of drug-likeness (QED) is 0.598. The Morgan fingerprint density at radius 2 is 1.85 bits per heavy atom. The molecular formula is C20H22FN3O3. The van der Waals surface area contributed by atoms with Gasteiger partial charge in [0.15, 0.2) is 11.5 Å². The van der Waals surface area contributed by atoms with Crippen molar-refractivity contribution in [2.75, 3.05) is 20.8 Å². The van der Waals surface area contributed by atoms with Crippen LogP contribution in [0.15, 0.2) is 47.0 Å². The van der Waals surface area contributed by atoms with Gasteiger partial charge in [-0.3, -0.25) is 4.90 Å². The van der Waals surface area contributed by atoms with Crippen LogP contribution in [0.4, 0.5) is 4.39 Å². The molecule has 6 nitrogen and oxygen atoms in total. The van der Waals surface area contributed by atoms with Gasteiger partial charge in [0, 0.05) is 12.1 Å². The Balaban J connectivity index is 1.73. The van der Waals surface area contributed by atoms with Crippen LogP contribution >= 0.6 is 0 Å². The Hall–Kier alpha value is -2.93. The molecule has 0 spiro atoms. The van der Waals surface area contributed by atoms with Crippen molar-refractivity contribution < 1.29 is 18.4 Å². The minimum absolute atomic E-state index is 0.239. The molecule has 1 heterocycles. The molecule has 0 bridgehead atoms. The molecule has 0 aliphatic heterocycles. The van der Waals surface area contributed by atoms with Crippen molar-refractivity contribution in [2.24, 2.45) is 0 Å². The monoisotopic (exact) mass is 371 g/mol. The van der Waals surface area contributed by atoms with Crippen molar-refractivity contribution in [1.29, 1.82) is 0 Å². The average Bonchev–Trinajstić information content (AvgIpc) is 3.15. The summed E-state index contributed by atoms with van der Waals surface area (Å²) < 4.78 is 29.3. The van der Waals surface area contributed by atoms with Crippen molar-refractivity contribution in [3.8, 4) is 22.9 Å². The zero-order valence-electron chi connectivity index (χ0n) is 15.6. The lowest BCUT2D eigenvalue weighted by molar-refractivity contribution is 0.229. The van der Waals surface area contributed by atoms with Crippen molar-refractivity contribution in [3.05, 3.63) is 59.7 Å². The molecule has 0 fully saturated rings. The Bertz CT molecular complexity index is 898. The van der Waals surface area contributed by atoms with E-state index in [4.69, 9.17) is 14.0 Å². The number of nitrogens with zero attached hydrogens (tertiary/aromatic N) is 3. The lowest BCUT2D eigenvalue weighted by Crippen LogP contribution is -2.22. The smallest absolute Gasteiger partial charge is 0.241 e. The van der Waals surface area contributed by atoms with Gasteiger partial charge in [0.25, 0.3) is 0 Å². The first-order chi connectivity index (χ1) is 13.1. The van der Waals surface area contributed by atoms with Crippen LogP contribution in [0, 0.1) is 5.82 Å². The van der Waals surface area contributed by atoms with Gasteiger partial charge in [-0.25, -0.2) is 4.39 Å². The topological polar surface area (TPSA) is 60.6 Å². The van der Waals surface area contributed by atoms with E-state index in [9.17, 15) is 4.39 Å². The van der Waals surface area contributed by atoms with Crippen LogP contribution in [0.25, 0.3) is 11.4 Å². The molecule has 3 rings (SSSR count). The number of halogens is 1. The minimum atomic E-state index is -0.239. The summed E-state index contributed by atoms with van der Waals surface area (Å²) in [7, 11) is 3.16. The minimum Gasteiger partial charge on any atom is -0.493 e. The molecule has 2 aromatic carbocycles. The number of ether oxygens (including phenoxy) is 2. The number of methoxy groups -OCH3 is 2. The Kier molecular flexibility index (Phi) is 6.03. The van der Waals surface area contributed by atoms with Gasteiger partial charge < -0.3 is 14.0 Å². The summed E-state index contributed by atoms with van der Waals surface area (Å²) in [5, 5.41) is 4.06. The van der Waals surface area contributed by atoms with E-state index in [-0.39, 0.29) is 5.82 Å². The van der Waals surface area contributed by atoms with Crippen LogP contribution in [-0.4, -0.2) is 35.8 Å². The first-order valence-corrected chi connectivity index (χ1v) is 8.64. The van der Waals surface area contributed by atoms with E-state index >= 15 is 0 Å². The predicted molar refractivity (Wildman–Crippen MR) is 99.0 cm³/mol. The Morgan fingerprint density at radius 1 is 1.04 bits per heavy atom. The van der Waals surface area contributed by atoms with Gasteiger partial charge in [-0.2, -0.15) is 4.98 Å². The Morgan fingerprint density at radius 3 is 2.56 bits per heavy atom. The summed E-state index contributed by atoms with van der Waals surface area (Å²) in [6.45, 7) is 3.88. The van der Waals surface area contributed by atoms with E-state index in [1.54, 1.807) is 32.4 Å². The molecule has 0 saturated carbocycles. The van der Waals surface area contributed by atoms with Gasteiger partial charge in [0.2, 0.25) is 11.7 Å². The van der Waals surface area contributed by atoms with E-state index in [1.807, 2.05) is 19.1 Å². The third-order valence-corrected chi connectivity index (χ3v) is 4.21. The van der Waals surface area contributed by atoms with E-state index in [1.165, 1.54) is 12.1 Å². The molecule has 0 unspecified atom stereocenters. The van der Waals surface area contributed by atoms with Gasteiger partial charge in [0.1, 0.15) is 5.82 Å². The highest BCUT2D eigenvalue weighted by Gasteiger charge is 2.14. The molecule has 0 saturated heterocycles. The SMILES string of the molecule is CCN(Cc1cccc(F)c1)Cc1nc(-c2ccc(OC)c(OC)c2)no1. The highest BCUT2D eigenvalue weighted by atomic mass is 19.1. The zero-order valence-corrected chi connectivity index (χ0v) is 15.6. The summed E-state index contributed by atoms with van der Waals surface area (Å²) in [5.41, 5.74) is 1.67. The fourth-order valence-corrected chi connectivity index (χ4v) is 2.78. The molecule has 0 N–H and O–H groups in total. The summed E-state index contributed by atoms with van der Waals surface area (Å²) in [5.74, 6) is 1.97. The summed E-state index contributed by atoms with van der Waals surface area (Å²) >= 11 is 0. The average molecular weight is 371 g/mol. The third-order valence-electron chi connectivity index (χ3n) is 4.21. The summed E-state index contributed by atoms with van der Waals surface area (Å²) in [6, 6.07) is 12.0. The van der Waals surface area contributed by atoms with Gasteiger partial charge in [-0.05, 0) is 42.4 Å². The first-order valence-electron chi connectivity index (χ1n) is 8.64. The maximum atomic E-state index is 13.4. The van der Waals surface area contributed by atoms with Crippen molar-refractivity contribution in [1.82, 2.24) is 15.0 Å². The Labute approximate surface area is 157 Å². The van der Waals surface area contributed by atoms with E-state index in [0.29, 0.717) is 36.3 Å². The van der Waals surface area contributed by atoms with Crippen LogP contribution in [0.5, 0.6) is 11.5 Å². The van der Waals surface area contributed by atoms with Crippen LogP contribution < -0.4 is 9.47 Å². The fraction of sp³-hybridized carbons (Fsp3) is 0.300. The van der Waals surface area contributed by atoms with E-state index in [0.717, 1.165) is 17.7 Å². The first kappa shape index (κ1) is 18.8. The maximum absolute atomic E-state index is 13.4. The zero-order chi connectivity index (χ0) is 19.2. The van der Waals surface area contributed by atoms with Gasteiger partial charge in [-0.15, -0.1) is 0 Å². The number of aromatic nitrogens is 2. The lowest BCUT2D eigenvalue weighted by Gasteiger charge is -2.18. The predicted octanol–water partition coefficient (Wildman–Crippen LogP) is 3.92. The second-order valence-electron chi connectivity index (χ2n) is 6.01. The lowest BCUT2D eigenvalue weighted by atomic mass is 10.2. The van der Waals surface area contributed by atoms with Crippen LogP contribution in [0.1, 0.15) is 18.4 Å². The number of hydrogen-bond donors (Lipinski definition) is 0. The van der Waals surface area contributed by atoms with Gasteiger partial charge in [0.05, 0.1) is 20.8 Å². The molecular weight excluding hydrogens is 349 g/mol. The molecule has 3 aromatic rings. The van der Waals surface area contributed by atoms with Crippen molar-refractivity contribution in [2.45, 2.75) is 20.0 Å². The second-order valence-corrected chi connectivity index (χ2v) is 6.01. The fourth-order valence-electron chi connectivity index (χ4n) is 2.78. The molecule has 27 heavy (non-hydrogen) atoms. The summed E-state index contributed by atoms with van der Waals surface area (Å²) in [6.07, 6.45) is 0.